The van der Waals surface area contributed by atoms with E-state index in [0.717, 1.165) is 49.1 Å². The number of hydrogen-bond donors (Lipinski definition) is 1. The molecule has 0 unspecified atom stereocenters. The third kappa shape index (κ3) is 3.32. The molecular formula is C22H25N3O. The summed E-state index contributed by atoms with van der Waals surface area (Å²) in [6.07, 6.45) is 3.50. The molecule has 1 aromatic heterocycles. The monoisotopic (exact) mass is 347 g/mol. The highest BCUT2D eigenvalue weighted by Crippen LogP contribution is 2.20. The van der Waals surface area contributed by atoms with E-state index in [4.69, 9.17) is 0 Å². The number of para-hydroxylation sites is 1. The number of aromatic amines is 1. The number of amides is 1. The number of hydrogen-bond acceptors (Lipinski definition) is 2. The van der Waals surface area contributed by atoms with E-state index in [1.807, 2.05) is 29.3 Å². The van der Waals surface area contributed by atoms with Gasteiger partial charge in [-0.1, -0.05) is 37.3 Å². The smallest absolute Gasteiger partial charge is 0.227 e. The summed E-state index contributed by atoms with van der Waals surface area (Å²) in [5.41, 5.74) is 4.80. The average Bonchev–Trinajstić information content (AvgIpc) is 3.11. The van der Waals surface area contributed by atoms with Crippen molar-refractivity contribution < 1.29 is 4.79 Å². The topological polar surface area (TPSA) is 39.3 Å². The van der Waals surface area contributed by atoms with Crippen LogP contribution in [0.25, 0.3) is 10.9 Å². The highest BCUT2D eigenvalue weighted by atomic mass is 16.2. The Morgan fingerprint density at radius 2 is 1.73 bits per heavy atom. The van der Waals surface area contributed by atoms with Crippen molar-refractivity contribution in [3.8, 4) is 0 Å². The number of carbonyl (C=O) groups is 1. The van der Waals surface area contributed by atoms with Crippen LogP contribution in [0.1, 0.15) is 18.1 Å². The molecule has 2 aromatic carbocycles. The van der Waals surface area contributed by atoms with Crippen molar-refractivity contribution in [2.45, 2.75) is 19.8 Å². The standard InChI is InChI=1S/C22H25N3O/c1-2-17-7-9-19(10-8-17)24-11-13-25(14-12-24)22(26)15-18-16-23-21-6-4-3-5-20(18)21/h3-10,16,23H,2,11-15H2,1H3. The number of aromatic nitrogens is 1. The van der Waals surface area contributed by atoms with E-state index >= 15 is 0 Å². The molecule has 2 heterocycles. The normalized spacial score (nSPS) is 14.8. The summed E-state index contributed by atoms with van der Waals surface area (Å²) in [6.45, 7) is 5.54. The molecule has 0 aliphatic carbocycles. The van der Waals surface area contributed by atoms with Gasteiger partial charge in [0, 0.05) is 49.0 Å². The van der Waals surface area contributed by atoms with Crippen LogP contribution in [0.2, 0.25) is 0 Å². The molecule has 1 fully saturated rings. The molecule has 0 radical (unpaired) electrons. The number of fused-ring (bicyclic) bond motifs is 1. The molecule has 4 nitrogen and oxygen atoms in total. The van der Waals surface area contributed by atoms with Gasteiger partial charge in [-0.05, 0) is 35.7 Å². The summed E-state index contributed by atoms with van der Waals surface area (Å²) in [6, 6.07) is 16.9. The molecule has 1 saturated heterocycles. The Morgan fingerprint density at radius 1 is 1.00 bits per heavy atom. The van der Waals surface area contributed by atoms with E-state index < -0.39 is 0 Å². The van der Waals surface area contributed by atoms with E-state index in [1.165, 1.54) is 11.3 Å². The van der Waals surface area contributed by atoms with E-state index in [2.05, 4.69) is 47.1 Å². The van der Waals surface area contributed by atoms with Crippen LogP contribution in [-0.4, -0.2) is 42.0 Å². The minimum atomic E-state index is 0.218. The average molecular weight is 347 g/mol. The first-order chi connectivity index (χ1) is 12.7. The third-order valence-corrected chi connectivity index (χ3v) is 5.36. The molecule has 3 aromatic rings. The Kier molecular flexibility index (Phi) is 4.65. The number of nitrogens with one attached hydrogen (secondary N) is 1. The van der Waals surface area contributed by atoms with E-state index in [-0.39, 0.29) is 5.91 Å². The highest BCUT2D eigenvalue weighted by Gasteiger charge is 2.22. The fraction of sp³-hybridized carbons (Fsp3) is 0.318. The van der Waals surface area contributed by atoms with Crippen LogP contribution < -0.4 is 4.90 Å². The van der Waals surface area contributed by atoms with Crippen molar-refractivity contribution in [1.29, 1.82) is 0 Å². The van der Waals surface area contributed by atoms with Crippen molar-refractivity contribution in [2.75, 3.05) is 31.1 Å². The molecule has 26 heavy (non-hydrogen) atoms. The first-order valence-corrected chi connectivity index (χ1v) is 9.41. The molecule has 4 heteroatoms. The van der Waals surface area contributed by atoms with Gasteiger partial charge in [0.05, 0.1) is 6.42 Å². The molecule has 0 bridgehead atoms. The SMILES string of the molecule is CCc1ccc(N2CCN(C(=O)Cc3c[nH]c4ccccc34)CC2)cc1. The summed E-state index contributed by atoms with van der Waals surface area (Å²) in [5, 5.41) is 1.15. The van der Waals surface area contributed by atoms with Gasteiger partial charge in [-0.3, -0.25) is 4.79 Å². The molecule has 1 amide bonds. The van der Waals surface area contributed by atoms with Gasteiger partial charge in [-0.2, -0.15) is 0 Å². The third-order valence-electron chi connectivity index (χ3n) is 5.36. The van der Waals surface area contributed by atoms with Crippen molar-refractivity contribution in [1.82, 2.24) is 9.88 Å². The molecule has 1 N–H and O–H groups in total. The number of H-pyrrole nitrogens is 1. The maximum absolute atomic E-state index is 12.7. The number of nitrogens with zero attached hydrogens (tertiary/aromatic N) is 2. The number of carbonyl (C=O) groups excluding carboxylic acids is 1. The Hall–Kier alpha value is -2.75. The fourth-order valence-corrected chi connectivity index (χ4v) is 3.71. The van der Waals surface area contributed by atoms with Gasteiger partial charge >= 0.3 is 0 Å². The predicted molar refractivity (Wildman–Crippen MR) is 107 cm³/mol. The van der Waals surface area contributed by atoms with Crippen molar-refractivity contribution in [3.05, 3.63) is 65.9 Å². The van der Waals surface area contributed by atoms with Gasteiger partial charge in [-0.15, -0.1) is 0 Å². The van der Waals surface area contributed by atoms with E-state index in [0.29, 0.717) is 6.42 Å². The predicted octanol–water partition coefficient (Wildman–Crippen LogP) is 3.62. The van der Waals surface area contributed by atoms with E-state index in [9.17, 15) is 4.79 Å². The van der Waals surface area contributed by atoms with Crippen molar-refractivity contribution in [2.24, 2.45) is 0 Å². The largest absolute Gasteiger partial charge is 0.368 e. The summed E-state index contributed by atoms with van der Waals surface area (Å²) < 4.78 is 0. The van der Waals surface area contributed by atoms with Crippen LogP contribution in [-0.2, 0) is 17.6 Å². The summed E-state index contributed by atoms with van der Waals surface area (Å²) in [7, 11) is 0. The molecule has 1 aliphatic rings. The highest BCUT2D eigenvalue weighted by molar-refractivity contribution is 5.89. The Morgan fingerprint density at radius 3 is 2.46 bits per heavy atom. The van der Waals surface area contributed by atoms with Gasteiger partial charge in [0.1, 0.15) is 0 Å². The number of anilines is 1. The zero-order chi connectivity index (χ0) is 17.9. The second-order valence-corrected chi connectivity index (χ2v) is 6.92. The second-order valence-electron chi connectivity index (χ2n) is 6.92. The zero-order valence-electron chi connectivity index (χ0n) is 15.2. The lowest BCUT2D eigenvalue weighted by atomic mass is 10.1. The minimum absolute atomic E-state index is 0.218. The zero-order valence-corrected chi connectivity index (χ0v) is 15.2. The maximum atomic E-state index is 12.7. The lowest BCUT2D eigenvalue weighted by Crippen LogP contribution is -2.49. The van der Waals surface area contributed by atoms with Gasteiger partial charge < -0.3 is 14.8 Å². The Balaban J connectivity index is 1.37. The lowest BCUT2D eigenvalue weighted by molar-refractivity contribution is -0.130. The minimum Gasteiger partial charge on any atom is -0.368 e. The van der Waals surface area contributed by atoms with Crippen molar-refractivity contribution in [3.63, 3.8) is 0 Å². The van der Waals surface area contributed by atoms with Crippen LogP contribution in [0.4, 0.5) is 5.69 Å². The molecule has 1 aliphatic heterocycles. The molecule has 4 rings (SSSR count). The lowest BCUT2D eigenvalue weighted by Gasteiger charge is -2.36. The van der Waals surface area contributed by atoms with Crippen LogP contribution >= 0.6 is 0 Å². The number of piperazine rings is 1. The van der Waals surface area contributed by atoms with Crippen LogP contribution in [0.3, 0.4) is 0 Å². The van der Waals surface area contributed by atoms with Gasteiger partial charge in [-0.25, -0.2) is 0 Å². The van der Waals surface area contributed by atoms with Crippen LogP contribution in [0.5, 0.6) is 0 Å². The Bertz CT molecular complexity index is 889. The molecule has 134 valence electrons. The first kappa shape index (κ1) is 16.7. The van der Waals surface area contributed by atoms with Crippen molar-refractivity contribution >= 4 is 22.5 Å². The Labute approximate surface area is 154 Å². The first-order valence-electron chi connectivity index (χ1n) is 9.41. The van der Waals surface area contributed by atoms with Gasteiger partial charge in [0.15, 0.2) is 0 Å². The maximum Gasteiger partial charge on any atom is 0.227 e. The van der Waals surface area contributed by atoms with Gasteiger partial charge in [0.25, 0.3) is 0 Å². The second kappa shape index (κ2) is 7.24. The molecule has 0 atom stereocenters. The number of rotatable bonds is 4. The summed E-state index contributed by atoms with van der Waals surface area (Å²) >= 11 is 0. The fourth-order valence-electron chi connectivity index (χ4n) is 3.71. The molecule has 0 spiro atoms. The van der Waals surface area contributed by atoms with Crippen LogP contribution in [0.15, 0.2) is 54.7 Å². The number of benzene rings is 2. The molecular weight excluding hydrogens is 322 g/mol. The number of aryl methyl sites for hydroxylation is 1. The van der Waals surface area contributed by atoms with Gasteiger partial charge in [0.2, 0.25) is 5.91 Å². The molecule has 0 saturated carbocycles. The summed E-state index contributed by atoms with van der Waals surface area (Å²) in [4.78, 5) is 20.4. The van der Waals surface area contributed by atoms with Crippen LogP contribution in [0, 0.1) is 0 Å². The summed E-state index contributed by atoms with van der Waals surface area (Å²) in [5.74, 6) is 0.218. The quantitative estimate of drug-likeness (QED) is 0.783. The van der Waals surface area contributed by atoms with E-state index in [1.54, 1.807) is 0 Å².